The molecule has 9 heteroatoms. The zero-order valence-corrected chi connectivity index (χ0v) is 17.3. The van der Waals surface area contributed by atoms with Crippen LogP contribution >= 0.6 is 24.0 Å². The van der Waals surface area contributed by atoms with Gasteiger partial charge in [0.1, 0.15) is 5.75 Å². The summed E-state index contributed by atoms with van der Waals surface area (Å²) in [7, 11) is 0. The molecule has 1 fully saturated rings. The molecule has 1 atom stereocenters. The molecule has 1 heterocycles. The van der Waals surface area contributed by atoms with Crippen LogP contribution in [0.3, 0.4) is 0 Å². The highest BCUT2D eigenvalue weighted by molar-refractivity contribution is 14.0. The summed E-state index contributed by atoms with van der Waals surface area (Å²) in [5.74, 6) is 1.12. The molecule has 0 bridgehead atoms. The normalized spacial score (nSPS) is 18.7. The van der Waals surface area contributed by atoms with E-state index in [1.165, 1.54) is 24.3 Å². The van der Waals surface area contributed by atoms with E-state index >= 15 is 0 Å². The first kappa shape index (κ1) is 22.8. The molecule has 148 valence electrons. The number of nitrogens with zero attached hydrogens (tertiary/aromatic N) is 2. The second kappa shape index (κ2) is 10.2. The summed E-state index contributed by atoms with van der Waals surface area (Å²) in [5.41, 5.74) is 6.41. The van der Waals surface area contributed by atoms with Crippen molar-refractivity contribution in [2.24, 2.45) is 22.6 Å². The van der Waals surface area contributed by atoms with Gasteiger partial charge in [0, 0.05) is 25.3 Å². The number of benzene rings is 1. The quantitative estimate of drug-likeness (QED) is 0.364. The molecule has 2 rings (SSSR count). The van der Waals surface area contributed by atoms with Gasteiger partial charge < -0.3 is 20.7 Å². The Kier molecular flexibility index (Phi) is 8.94. The summed E-state index contributed by atoms with van der Waals surface area (Å²) in [6.45, 7) is 8.27. The SMILES string of the molecule is CC(C)CN1CCC(CN=C(N)Nc2ccc(OC(F)(F)F)cc2)C1.I. The number of rotatable bonds is 6. The van der Waals surface area contributed by atoms with Gasteiger partial charge in [-0.05, 0) is 49.1 Å². The van der Waals surface area contributed by atoms with Crippen molar-refractivity contribution in [2.75, 3.05) is 31.5 Å². The maximum Gasteiger partial charge on any atom is 0.573 e. The molecule has 0 saturated carbocycles. The Hall–Kier alpha value is -1.23. The van der Waals surface area contributed by atoms with Crippen molar-refractivity contribution in [1.82, 2.24) is 4.90 Å². The van der Waals surface area contributed by atoms with Gasteiger partial charge in [0.2, 0.25) is 0 Å². The summed E-state index contributed by atoms with van der Waals surface area (Å²) < 4.78 is 40.2. The molecular weight excluding hydrogens is 460 g/mol. The summed E-state index contributed by atoms with van der Waals surface area (Å²) in [6, 6.07) is 5.38. The summed E-state index contributed by atoms with van der Waals surface area (Å²) in [6.07, 6.45) is -3.59. The molecule has 0 amide bonds. The van der Waals surface area contributed by atoms with E-state index in [2.05, 4.69) is 33.8 Å². The van der Waals surface area contributed by atoms with Crippen molar-refractivity contribution in [1.29, 1.82) is 0 Å². The third-order valence-corrected chi connectivity index (χ3v) is 3.87. The highest BCUT2D eigenvalue weighted by atomic mass is 127. The van der Waals surface area contributed by atoms with Gasteiger partial charge in [-0.3, -0.25) is 4.99 Å². The fourth-order valence-corrected chi connectivity index (χ4v) is 2.90. The number of nitrogens with two attached hydrogens (primary N) is 1. The number of guanidine groups is 1. The van der Waals surface area contributed by atoms with E-state index < -0.39 is 6.36 Å². The molecule has 1 saturated heterocycles. The second-order valence-corrected chi connectivity index (χ2v) is 6.73. The van der Waals surface area contributed by atoms with Crippen molar-refractivity contribution in [3.63, 3.8) is 0 Å². The predicted octanol–water partition coefficient (Wildman–Crippen LogP) is 3.91. The fraction of sp³-hybridized carbons (Fsp3) is 0.588. The van der Waals surface area contributed by atoms with Gasteiger partial charge >= 0.3 is 6.36 Å². The van der Waals surface area contributed by atoms with Crippen LogP contribution in [0.2, 0.25) is 0 Å². The molecule has 0 spiro atoms. The first-order valence-electron chi connectivity index (χ1n) is 8.36. The van der Waals surface area contributed by atoms with Crippen molar-refractivity contribution >= 4 is 35.6 Å². The van der Waals surface area contributed by atoms with Gasteiger partial charge in [-0.1, -0.05) is 13.8 Å². The van der Waals surface area contributed by atoms with E-state index in [0.717, 1.165) is 26.1 Å². The number of likely N-dealkylation sites (tertiary alicyclic amines) is 1. The zero-order valence-electron chi connectivity index (χ0n) is 14.9. The number of aliphatic imine (C=N–C) groups is 1. The molecule has 0 aliphatic carbocycles. The summed E-state index contributed by atoms with van der Waals surface area (Å²) in [4.78, 5) is 6.78. The fourth-order valence-electron chi connectivity index (χ4n) is 2.90. The number of nitrogens with one attached hydrogen (secondary N) is 1. The predicted molar refractivity (Wildman–Crippen MR) is 108 cm³/mol. The molecule has 26 heavy (non-hydrogen) atoms. The molecule has 1 unspecified atom stereocenters. The minimum absolute atomic E-state index is 0. The molecule has 0 aromatic heterocycles. The lowest BCUT2D eigenvalue weighted by molar-refractivity contribution is -0.274. The molecule has 1 aromatic rings. The van der Waals surface area contributed by atoms with E-state index in [1.54, 1.807) is 0 Å². The van der Waals surface area contributed by atoms with Crippen LogP contribution in [0.1, 0.15) is 20.3 Å². The summed E-state index contributed by atoms with van der Waals surface area (Å²) in [5, 5.41) is 2.88. The van der Waals surface area contributed by atoms with Crippen LogP contribution < -0.4 is 15.8 Å². The zero-order chi connectivity index (χ0) is 18.4. The molecule has 1 aliphatic rings. The maximum atomic E-state index is 12.1. The molecule has 1 aliphatic heterocycles. The van der Waals surface area contributed by atoms with Gasteiger partial charge in [0.05, 0.1) is 0 Å². The molecular formula is C17H26F3IN4O. The van der Waals surface area contributed by atoms with E-state index in [1.807, 2.05) is 0 Å². The third-order valence-electron chi connectivity index (χ3n) is 3.87. The number of hydrogen-bond donors (Lipinski definition) is 2. The molecule has 1 aromatic carbocycles. The Morgan fingerprint density at radius 3 is 2.58 bits per heavy atom. The topological polar surface area (TPSA) is 62.9 Å². The van der Waals surface area contributed by atoms with E-state index in [9.17, 15) is 13.2 Å². The van der Waals surface area contributed by atoms with Crippen molar-refractivity contribution in [3.8, 4) is 5.75 Å². The highest BCUT2D eigenvalue weighted by Gasteiger charge is 2.31. The van der Waals surface area contributed by atoms with Crippen LogP contribution in [-0.4, -0.2) is 43.4 Å². The average Bonchev–Trinajstić information content (AvgIpc) is 2.92. The number of anilines is 1. The molecule has 5 nitrogen and oxygen atoms in total. The third kappa shape index (κ3) is 8.43. The number of hydrogen-bond acceptors (Lipinski definition) is 3. The minimum Gasteiger partial charge on any atom is -0.406 e. The Morgan fingerprint density at radius 1 is 1.35 bits per heavy atom. The van der Waals surface area contributed by atoms with Crippen molar-refractivity contribution in [2.45, 2.75) is 26.6 Å². The Labute approximate surface area is 169 Å². The molecule has 3 N–H and O–H groups in total. The standard InChI is InChI=1S/C17H25F3N4O.HI/c1-12(2)10-24-8-7-13(11-24)9-22-16(21)23-14-3-5-15(6-4-14)25-17(18,19)20;/h3-6,12-13H,7-11H2,1-2H3,(H3,21,22,23);1H. The number of halogens is 4. The van der Waals surface area contributed by atoms with Gasteiger partial charge in [-0.25, -0.2) is 0 Å². The largest absolute Gasteiger partial charge is 0.573 e. The number of ether oxygens (including phenoxy) is 1. The van der Waals surface area contributed by atoms with Gasteiger partial charge in [-0.15, -0.1) is 37.1 Å². The average molecular weight is 486 g/mol. The Morgan fingerprint density at radius 2 is 2.00 bits per heavy atom. The van der Waals surface area contributed by atoms with E-state index in [-0.39, 0.29) is 35.7 Å². The van der Waals surface area contributed by atoms with E-state index in [0.29, 0.717) is 24.1 Å². The first-order chi connectivity index (χ1) is 11.7. The second-order valence-electron chi connectivity index (χ2n) is 6.73. The van der Waals surface area contributed by atoms with Crippen molar-refractivity contribution < 1.29 is 17.9 Å². The van der Waals surface area contributed by atoms with Gasteiger partial charge in [0.15, 0.2) is 5.96 Å². The van der Waals surface area contributed by atoms with Crippen molar-refractivity contribution in [3.05, 3.63) is 24.3 Å². The Bertz CT molecular complexity index is 578. The van der Waals surface area contributed by atoms with Crippen LogP contribution in [-0.2, 0) is 0 Å². The monoisotopic (exact) mass is 486 g/mol. The molecule has 0 radical (unpaired) electrons. The van der Waals surface area contributed by atoms with Gasteiger partial charge in [0.25, 0.3) is 0 Å². The minimum atomic E-state index is -4.69. The number of alkyl halides is 3. The van der Waals surface area contributed by atoms with Crippen LogP contribution in [0.5, 0.6) is 5.75 Å². The van der Waals surface area contributed by atoms with Crippen LogP contribution in [0.25, 0.3) is 0 Å². The lowest BCUT2D eigenvalue weighted by Crippen LogP contribution is -2.27. The van der Waals surface area contributed by atoms with Gasteiger partial charge in [-0.2, -0.15) is 0 Å². The lowest BCUT2D eigenvalue weighted by Gasteiger charge is -2.17. The Balaban J connectivity index is 0.00000338. The smallest absolute Gasteiger partial charge is 0.406 e. The summed E-state index contributed by atoms with van der Waals surface area (Å²) >= 11 is 0. The van der Waals surface area contributed by atoms with Crippen LogP contribution in [0, 0.1) is 11.8 Å². The van der Waals surface area contributed by atoms with Crippen LogP contribution in [0.4, 0.5) is 18.9 Å². The lowest BCUT2D eigenvalue weighted by atomic mass is 10.1. The van der Waals surface area contributed by atoms with E-state index in [4.69, 9.17) is 5.73 Å². The first-order valence-corrected chi connectivity index (χ1v) is 8.36. The maximum absolute atomic E-state index is 12.1. The van der Waals surface area contributed by atoms with Crippen LogP contribution in [0.15, 0.2) is 29.3 Å². The highest BCUT2D eigenvalue weighted by Crippen LogP contribution is 2.24.